The van der Waals surface area contributed by atoms with Gasteiger partial charge in [-0.25, -0.2) is 0 Å². The zero-order valence-corrected chi connectivity index (χ0v) is 30.9. The van der Waals surface area contributed by atoms with Gasteiger partial charge in [0.05, 0.1) is 50.9 Å². The van der Waals surface area contributed by atoms with Crippen molar-refractivity contribution in [3.05, 3.63) is 241 Å². The molecule has 0 aliphatic carbocycles. The predicted molar refractivity (Wildman–Crippen MR) is 227 cm³/mol. The van der Waals surface area contributed by atoms with Gasteiger partial charge in [-0.05, 0) is 119 Å². The Bertz CT molecular complexity index is 2230. The van der Waals surface area contributed by atoms with Crippen LogP contribution in [0, 0.1) is 0 Å². The Balaban J connectivity index is 1.25. The minimum Gasteiger partial charge on any atom is -0.151 e. The van der Waals surface area contributed by atoms with E-state index >= 15 is 0 Å². The van der Waals surface area contributed by atoms with Gasteiger partial charge < -0.3 is 0 Å². The van der Waals surface area contributed by atoms with Crippen LogP contribution in [0.2, 0.25) is 0 Å². The van der Waals surface area contributed by atoms with Crippen LogP contribution in [0.25, 0.3) is 0 Å². The van der Waals surface area contributed by atoms with Crippen LogP contribution in [0.5, 0.6) is 0 Å². The molecule has 0 aromatic heterocycles. The molecule has 272 valence electrons. The summed E-state index contributed by atoms with van der Waals surface area (Å²) in [4.78, 5) is 0. The van der Waals surface area contributed by atoms with Gasteiger partial charge in [-0.1, -0.05) is 121 Å². The second kappa shape index (κ2) is 17.5. The molecule has 57 heavy (non-hydrogen) atoms. The van der Waals surface area contributed by atoms with E-state index in [1.165, 1.54) is 0 Å². The van der Waals surface area contributed by atoms with Crippen molar-refractivity contribution in [3.8, 4) is 0 Å². The van der Waals surface area contributed by atoms with Crippen molar-refractivity contribution in [2.75, 3.05) is 0 Å². The SMILES string of the molecule is c1ccc(N=Nc2ccc(C(c3ccc(N=Nc4ccccc4)cc3)(c3ccc(N=Nc4ccccc4)cc3)c3ccc(N=Nc4ccccc4)cc3)cc2)cc1. The largest absolute Gasteiger partial charge is 0.151 e. The highest BCUT2D eigenvalue weighted by Crippen LogP contribution is 2.47. The van der Waals surface area contributed by atoms with Crippen molar-refractivity contribution in [2.45, 2.75) is 5.41 Å². The summed E-state index contributed by atoms with van der Waals surface area (Å²) in [7, 11) is 0. The summed E-state index contributed by atoms with van der Waals surface area (Å²) in [5.74, 6) is 0. The third-order valence-corrected chi connectivity index (χ3v) is 9.35. The maximum absolute atomic E-state index is 4.55. The molecule has 0 saturated carbocycles. The standard InChI is InChI=1S/C49H36N8/c1-5-13-41(14-6-1)50-54-45-29-21-37(22-30-45)49(38-23-31-46(32-24-38)55-51-42-15-7-2-8-16-42,39-25-33-47(34-26-39)56-52-43-17-9-3-10-18-43)40-27-35-48(36-28-40)57-53-44-19-11-4-12-20-44/h1-36H. The first-order valence-corrected chi connectivity index (χ1v) is 18.5. The lowest BCUT2D eigenvalue weighted by Crippen LogP contribution is -2.30. The molecule has 0 atom stereocenters. The van der Waals surface area contributed by atoms with Crippen LogP contribution in [0.4, 0.5) is 45.5 Å². The summed E-state index contributed by atoms with van der Waals surface area (Å²) in [6.07, 6.45) is 0. The zero-order valence-electron chi connectivity index (χ0n) is 30.9. The Labute approximate surface area is 331 Å². The zero-order chi connectivity index (χ0) is 38.5. The molecule has 0 spiro atoms. The van der Waals surface area contributed by atoms with Crippen molar-refractivity contribution < 1.29 is 0 Å². The fourth-order valence-corrected chi connectivity index (χ4v) is 6.55. The maximum atomic E-state index is 4.55. The van der Waals surface area contributed by atoms with Gasteiger partial charge in [0.15, 0.2) is 0 Å². The molecule has 0 saturated heterocycles. The summed E-state index contributed by atoms with van der Waals surface area (Å²) < 4.78 is 0. The molecule has 0 aliphatic rings. The summed E-state index contributed by atoms with van der Waals surface area (Å²) in [6.45, 7) is 0. The van der Waals surface area contributed by atoms with Gasteiger partial charge in [-0.15, -0.1) is 0 Å². The Morgan fingerprint density at radius 2 is 0.333 bits per heavy atom. The molecule has 0 N–H and O–H groups in total. The summed E-state index contributed by atoms with van der Waals surface area (Å²) >= 11 is 0. The minimum atomic E-state index is -0.797. The van der Waals surface area contributed by atoms with Crippen LogP contribution in [0.1, 0.15) is 22.3 Å². The molecule has 8 aromatic carbocycles. The van der Waals surface area contributed by atoms with E-state index in [-0.39, 0.29) is 0 Å². The van der Waals surface area contributed by atoms with E-state index in [9.17, 15) is 0 Å². The first-order chi connectivity index (χ1) is 28.2. The normalized spacial score (nSPS) is 12.8. The molecule has 8 nitrogen and oxygen atoms in total. The van der Waals surface area contributed by atoms with Crippen LogP contribution in [-0.2, 0) is 5.41 Å². The van der Waals surface area contributed by atoms with Crippen molar-refractivity contribution in [2.24, 2.45) is 40.9 Å². The second-order valence-electron chi connectivity index (χ2n) is 13.1. The Morgan fingerprint density at radius 3 is 0.509 bits per heavy atom. The van der Waals surface area contributed by atoms with E-state index < -0.39 is 5.41 Å². The number of benzene rings is 8. The first kappa shape index (κ1) is 36.2. The third kappa shape index (κ3) is 8.77. The molecule has 8 aromatic rings. The summed E-state index contributed by atoms with van der Waals surface area (Å²) in [5.41, 5.74) is 9.40. The molecule has 8 rings (SSSR count). The number of nitrogens with zero attached hydrogens (tertiary/aromatic N) is 8. The minimum absolute atomic E-state index is 0.738. The molecule has 0 aliphatic heterocycles. The number of azo groups is 4. The lowest BCUT2D eigenvalue weighted by atomic mass is 9.65. The van der Waals surface area contributed by atoms with E-state index in [0.717, 1.165) is 67.8 Å². The topological polar surface area (TPSA) is 98.9 Å². The van der Waals surface area contributed by atoms with Gasteiger partial charge >= 0.3 is 0 Å². The second-order valence-corrected chi connectivity index (χ2v) is 13.1. The fourth-order valence-electron chi connectivity index (χ4n) is 6.55. The molecule has 8 heteroatoms. The third-order valence-electron chi connectivity index (χ3n) is 9.35. The molecule has 0 bridgehead atoms. The summed E-state index contributed by atoms with van der Waals surface area (Å²) in [5, 5.41) is 36.0. The van der Waals surface area contributed by atoms with Gasteiger partial charge in [0, 0.05) is 0 Å². The average molecular weight is 737 g/mol. The molecule has 0 radical (unpaired) electrons. The molecular weight excluding hydrogens is 701 g/mol. The van der Waals surface area contributed by atoms with Crippen LogP contribution in [0.3, 0.4) is 0 Å². The maximum Gasteiger partial charge on any atom is 0.0857 e. The van der Waals surface area contributed by atoms with Crippen LogP contribution < -0.4 is 0 Å². The van der Waals surface area contributed by atoms with Crippen molar-refractivity contribution in [3.63, 3.8) is 0 Å². The smallest absolute Gasteiger partial charge is 0.0857 e. The van der Waals surface area contributed by atoms with Gasteiger partial charge in [-0.2, -0.15) is 40.9 Å². The fraction of sp³-hybridized carbons (Fsp3) is 0.0204. The summed E-state index contributed by atoms with van der Waals surface area (Å²) in [6, 6.07) is 71.8. The van der Waals surface area contributed by atoms with Gasteiger partial charge in [0.25, 0.3) is 0 Å². The van der Waals surface area contributed by atoms with Crippen LogP contribution in [-0.4, -0.2) is 0 Å². The number of rotatable bonds is 12. The van der Waals surface area contributed by atoms with E-state index in [1.54, 1.807) is 0 Å². The highest BCUT2D eigenvalue weighted by Gasteiger charge is 2.38. The lowest BCUT2D eigenvalue weighted by Gasteiger charge is -2.37. The Kier molecular flexibility index (Phi) is 11.1. The van der Waals surface area contributed by atoms with Crippen molar-refractivity contribution in [1.29, 1.82) is 0 Å². The highest BCUT2D eigenvalue weighted by atomic mass is 15.1. The van der Waals surface area contributed by atoms with Crippen molar-refractivity contribution in [1.82, 2.24) is 0 Å². The molecule has 0 unspecified atom stereocenters. The van der Waals surface area contributed by atoms with E-state index in [1.807, 2.05) is 170 Å². The van der Waals surface area contributed by atoms with Gasteiger partial charge in [0.1, 0.15) is 0 Å². The lowest BCUT2D eigenvalue weighted by molar-refractivity contribution is 0.745. The average Bonchev–Trinajstić information content (AvgIpc) is 3.29. The monoisotopic (exact) mass is 736 g/mol. The number of hydrogen-bond donors (Lipinski definition) is 0. The molecule has 0 fully saturated rings. The van der Waals surface area contributed by atoms with Crippen LogP contribution >= 0.6 is 0 Å². The van der Waals surface area contributed by atoms with E-state index in [4.69, 9.17) is 0 Å². The molecular formula is C49H36N8. The van der Waals surface area contributed by atoms with Gasteiger partial charge in [-0.3, -0.25) is 0 Å². The Morgan fingerprint density at radius 1 is 0.175 bits per heavy atom. The van der Waals surface area contributed by atoms with Crippen molar-refractivity contribution >= 4 is 45.5 Å². The van der Waals surface area contributed by atoms with E-state index in [2.05, 4.69) is 89.4 Å². The van der Waals surface area contributed by atoms with Gasteiger partial charge in [0.2, 0.25) is 0 Å². The first-order valence-electron chi connectivity index (χ1n) is 18.5. The van der Waals surface area contributed by atoms with E-state index in [0.29, 0.717) is 0 Å². The Hall–Kier alpha value is -7.84. The predicted octanol–water partition coefficient (Wildman–Crippen LogP) is 15.7. The van der Waals surface area contributed by atoms with Crippen LogP contribution in [0.15, 0.2) is 259 Å². The molecule has 0 amide bonds. The quantitative estimate of drug-likeness (QED) is 0.0881. The number of hydrogen-bond acceptors (Lipinski definition) is 8. The highest BCUT2D eigenvalue weighted by molar-refractivity contribution is 5.64. The molecule has 0 heterocycles.